The van der Waals surface area contributed by atoms with Crippen LogP contribution in [0, 0.1) is 0 Å². The lowest BCUT2D eigenvalue weighted by molar-refractivity contribution is -0.140. The van der Waals surface area contributed by atoms with E-state index in [1.807, 2.05) is 58.0 Å². The minimum Gasteiger partial charge on any atom is -0.494 e. The van der Waals surface area contributed by atoms with Crippen LogP contribution in [-0.2, 0) is 32.6 Å². The predicted octanol–water partition coefficient (Wildman–Crippen LogP) is 6.51. The summed E-state index contributed by atoms with van der Waals surface area (Å²) in [6.45, 7) is 7.20. The van der Waals surface area contributed by atoms with Gasteiger partial charge < -0.3 is 24.4 Å². The minimum atomic E-state index is -4.39. The Bertz CT molecular complexity index is 1860. The highest BCUT2D eigenvalue weighted by molar-refractivity contribution is 7.92. The summed E-state index contributed by atoms with van der Waals surface area (Å²) in [6.07, 6.45) is 0.181. The zero-order valence-electron chi connectivity index (χ0n) is 29.2. The number of carbonyl (C=O) groups excluding carboxylic acids is 2. The van der Waals surface area contributed by atoms with Crippen LogP contribution in [-0.4, -0.2) is 64.1 Å². The molecule has 0 aliphatic heterocycles. The maximum atomic E-state index is 14.7. The van der Waals surface area contributed by atoms with Gasteiger partial charge in [-0.3, -0.25) is 13.9 Å². The highest BCUT2D eigenvalue weighted by Gasteiger charge is 2.36. The number of halogens is 1. The van der Waals surface area contributed by atoms with Crippen molar-refractivity contribution < 1.29 is 32.2 Å². The molecule has 4 aromatic rings. The molecule has 1 atom stereocenters. The molecule has 2 amide bonds. The molecule has 0 saturated heterocycles. The van der Waals surface area contributed by atoms with Crippen molar-refractivity contribution in [2.24, 2.45) is 0 Å². The molecule has 0 spiro atoms. The van der Waals surface area contributed by atoms with E-state index in [-0.39, 0.29) is 35.2 Å². The maximum absolute atomic E-state index is 14.7. The smallest absolute Gasteiger partial charge is 0.264 e. The first-order chi connectivity index (χ1) is 23.7. The van der Waals surface area contributed by atoms with Crippen molar-refractivity contribution in [1.82, 2.24) is 10.2 Å². The molecule has 10 nitrogen and oxygen atoms in total. The molecular formula is C38H44ClN3O7S. The van der Waals surface area contributed by atoms with E-state index in [9.17, 15) is 18.0 Å². The second kappa shape index (κ2) is 16.8. The Hall–Kier alpha value is -4.74. The molecule has 50 heavy (non-hydrogen) atoms. The third-order valence-corrected chi connectivity index (χ3v) is 9.67. The Kier molecular flexibility index (Phi) is 12.8. The van der Waals surface area contributed by atoms with E-state index in [0.29, 0.717) is 28.7 Å². The number of rotatable bonds is 15. The van der Waals surface area contributed by atoms with Crippen molar-refractivity contribution in [2.75, 3.05) is 31.7 Å². The van der Waals surface area contributed by atoms with Crippen LogP contribution >= 0.6 is 11.6 Å². The fraction of sp³-hybridized carbons (Fsp3) is 0.316. The summed E-state index contributed by atoms with van der Waals surface area (Å²) in [6, 6.07) is 26.0. The van der Waals surface area contributed by atoms with Gasteiger partial charge in [0, 0.05) is 29.6 Å². The lowest BCUT2D eigenvalue weighted by atomic mass is 10.0. The number of nitrogens with one attached hydrogen (secondary N) is 1. The molecule has 0 radical (unpaired) electrons. The highest BCUT2D eigenvalue weighted by Crippen LogP contribution is 2.33. The average molecular weight is 722 g/mol. The van der Waals surface area contributed by atoms with Crippen molar-refractivity contribution in [1.29, 1.82) is 0 Å². The van der Waals surface area contributed by atoms with Crippen molar-refractivity contribution >= 4 is 39.1 Å². The van der Waals surface area contributed by atoms with Crippen LogP contribution in [0.1, 0.15) is 38.8 Å². The quantitative estimate of drug-likeness (QED) is 0.149. The van der Waals surface area contributed by atoms with Gasteiger partial charge in [0.25, 0.3) is 10.0 Å². The molecule has 0 bridgehead atoms. The van der Waals surface area contributed by atoms with Gasteiger partial charge in [-0.1, -0.05) is 54.1 Å². The van der Waals surface area contributed by atoms with E-state index < -0.39 is 34.1 Å². The molecule has 0 unspecified atom stereocenters. The number of hydrogen-bond acceptors (Lipinski definition) is 7. The topological polar surface area (TPSA) is 114 Å². The van der Waals surface area contributed by atoms with E-state index in [2.05, 4.69) is 5.32 Å². The van der Waals surface area contributed by atoms with Crippen molar-refractivity contribution in [2.45, 2.75) is 57.1 Å². The molecule has 0 saturated carbocycles. The first-order valence-corrected chi connectivity index (χ1v) is 17.9. The number of nitrogens with zero attached hydrogens (tertiary/aromatic N) is 2. The largest absolute Gasteiger partial charge is 0.494 e. The van der Waals surface area contributed by atoms with E-state index in [1.165, 1.54) is 37.3 Å². The van der Waals surface area contributed by atoms with Gasteiger partial charge in [-0.25, -0.2) is 8.42 Å². The van der Waals surface area contributed by atoms with Crippen LogP contribution in [0.2, 0.25) is 5.02 Å². The van der Waals surface area contributed by atoms with Crippen LogP contribution < -0.4 is 23.8 Å². The van der Waals surface area contributed by atoms with Crippen LogP contribution in [0.4, 0.5) is 5.69 Å². The first kappa shape index (κ1) is 38.1. The van der Waals surface area contributed by atoms with Crippen molar-refractivity contribution in [3.8, 4) is 17.2 Å². The molecule has 0 heterocycles. The van der Waals surface area contributed by atoms with Gasteiger partial charge in [0.2, 0.25) is 11.8 Å². The standard InChI is InChI=1S/C38H44ClN3O7S/c1-7-49-31-18-16-30(17-19-31)42(50(45,46)32-20-21-34(47-5)35(24-32)48-6)26-36(43)41(25-28-14-11-15-29(39)22-28)33(37(44)40-38(2,3)4)23-27-12-9-8-10-13-27/h8-22,24,33H,7,23,25-26H2,1-6H3,(H,40,44)/t33-/m0/s1. The van der Waals surface area contributed by atoms with E-state index >= 15 is 0 Å². The number of sulfonamides is 1. The number of amides is 2. The van der Waals surface area contributed by atoms with Gasteiger partial charge in [0.05, 0.1) is 31.4 Å². The van der Waals surface area contributed by atoms with E-state index in [4.69, 9.17) is 25.8 Å². The van der Waals surface area contributed by atoms with Gasteiger partial charge in [0.1, 0.15) is 18.3 Å². The van der Waals surface area contributed by atoms with Gasteiger partial charge >= 0.3 is 0 Å². The SMILES string of the molecule is CCOc1ccc(N(CC(=O)N(Cc2cccc(Cl)c2)[C@@H](Cc2ccccc2)C(=O)NC(C)(C)C)S(=O)(=O)c2ccc(OC)c(OC)c2)cc1. The summed E-state index contributed by atoms with van der Waals surface area (Å²) < 4.78 is 46.3. The number of hydrogen-bond donors (Lipinski definition) is 1. The fourth-order valence-corrected chi connectivity index (χ4v) is 6.99. The normalized spacial score (nSPS) is 12.1. The van der Waals surface area contributed by atoms with Crippen molar-refractivity contribution in [3.05, 3.63) is 113 Å². The Labute approximate surface area is 300 Å². The van der Waals surface area contributed by atoms with Gasteiger partial charge in [0.15, 0.2) is 11.5 Å². The predicted molar refractivity (Wildman–Crippen MR) is 196 cm³/mol. The third kappa shape index (κ3) is 9.92. The van der Waals surface area contributed by atoms with Gasteiger partial charge in [-0.15, -0.1) is 0 Å². The number of anilines is 1. The van der Waals surface area contributed by atoms with E-state index in [1.54, 1.807) is 48.5 Å². The zero-order valence-corrected chi connectivity index (χ0v) is 30.8. The maximum Gasteiger partial charge on any atom is 0.264 e. The second-order valence-electron chi connectivity index (χ2n) is 12.6. The fourth-order valence-electron chi connectivity index (χ4n) is 5.35. The monoisotopic (exact) mass is 721 g/mol. The Morgan fingerprint density at radius 3 is 2.10 bits per heavy atom. The summed E-state index contributed by atoms with van der Waals surface area (Å²) in [5.41, 5.74) is 1.11. The van der Waals surface area contributed by atoms with E-state index in [0.717, 1.165) is 9.87 Å². The van der Waals surface area contributed by atoms with Crippen LogP contribution in [0.5, 0.6) is 17.2 Å². The molecular weight excluding hydrogens is 678 g/mol. The molecule has 266 valence electrons. The molecule has 0 aliphatic carbocycles. The number of ether oxygens (including phenoxy) is 3. The molecule has 1 N–H and O–H groups in total. The average Bonchev–Trinajstić information content (AvgIpc) is 3.08. The van der Waals surface area contributed by atoms with Gasteiger partial charge in [-0.05, 0) is 87.4 Å². The third-order valence-electron chi connectivity index (χ3n) is 7.67. The molecule has 0 aliphatic rings. The highest BCUT2D eigenvalue weighted by atomic mass is 35.5. The molecule has 4 aromatic carbocycles. The Morgan fingerprint density at radius 2 is 1.50 bits per heavy atom. The number of methoxy groups -OCH3 is 2. The number of carbonyl (C=O) groups is 2. The summed E-state index contributed by atoms with van der Waals surface area (Å²) in [5, 5.41) is 3.48. The first-order valence-electron chi connectivity index (χ1n) is 16.1. The van der Waals surface area contributed by atoms with Crippen LogP contribution in [0.15, 0.2) is 102 Å². The second-order valence-corrected chi connectivity index (χ2v) is 14.9. The van der Waals surface area contributed by atoms with Crippen molar-refractivity contribution in [3.63, 3.8) is 0 Å². The number of benzene rings is 4. The summed E-state index contributed by atoms with van der Waals surface area (Å²) in [5.74, 6) is 0.0998. The zero-order chi connectivity index (χ0) is 36.5. The Morgan fingerprint density at radius 1 is 0.840 bits per heavy atom. The summed E-state index contributed by atoms with van der Waals surface area (Å²) in [4.78, 5) is 30.1. The minimum absolute atomic E-state index is 0.0119. The summed E-state index contributed by atoms with van der Waals surface area (Å²) in [7, 11) is -1.53. The van der Waals surface area contributed by atoms with Crippen LogP contribution in [0.3, 0.4) is 0 Å². The molecule has 12 heteroatoms. The lowest BCUT2D eigenvalue weighted by Gasteiger charge is -2.35. The van der Waals surface area contributed by atoms with Crippen LogP contribution in [0.25, 0.3) is 0 Å². The molecule has 0 aromatic heterocycles. The van der Waals surface area contributed by atoms with Gasteiger partial charge in [-0.2, -0.15) is 0 Å². The molecule has 0 fully saturated rings. The lowest BCUT2D eigenvalue weighted by Crippen LogP contribution is -2.56. The molecule has 4 rings (SSSR count). The Balaban J connectivity index is 1.85. The summed E-state index contributed by atoms with van der Waals surface area (Å²) >= 11 is 6.34.